The second-order valence-corrected chi connectivity index (χ2v) is 9.16. The minimum atomic E-state index is -3.04. The topological polar surface area (TPSA) is 89.5 Å². The summed E-state index contributed by atoms with van der Waals surface area (Å²) in [6.45, 7) is 1.33. The van der Waals surface area contributed by atoms with Gasteiger partial charge in [0.1, 0.15) is 0 Å². The molecule has 25 heavy (non-hydrogen) atoms. The third kappa shape index (κ3) is 6.17. The smallest absolute Gasteiger partial charge is 0.306 e. The van der Waals surface area contributed by atoms with Crippen LogP contribution in [0.4, 0.5) is 0 Å². The monoisotopic (exact) mass is 407 g/mol. The molecule has 0 radical (unpaired) electrons. The average Bonchev–Trinajstić information content (AvgIpc) is 2.83. The van der Waals surface area contributed by atoms with Gasteiger partial charge in [-0.25, -0.2) is 8.42 Å². The minimum absolute atomic E-state index is 0.000393. The van der Waals surface area contributed by atoms with Crippen LogP contribution in [0.1, 0.15) is 31.4 Å². The number of hydrogen-bond donors (Lipinski definition) is 1. The van der Waals surface area contributed by atoms with Gasteiger partial charge in [0, 0.05) is 16.5 Å². The largest absolute Gasteiger partial charge is 0.456 e. The quantitative estimate of drug-likeness (QED) is 0.731. The molecule has 1 heterocycles. The highest BCUT2D eigenvalue weighted by Gasteiger charge is 2.30. The molecule has 1 saturated heterocycles. The normalized spacial score (nSPS) is 20.0. The van der Waals surface area contributed by atoms with E-state index in [0.717, 1.165) is 0 Å². The number of amides is 1. The molecule has 1 N–H and O–H groups in total. The lowest BCUT2D eigenvalue weighted by molar-refractivity contribution is -0.149. The Bertz CT molecular complexity index is 766. The summed E-state index contributed by atoms with van der Waals surface area (Å²) in [7, 11) is -3.04. The van der Waals surface area contributed by atoms with Crippen molar-refractivity contribution in [3.05, 3.63) is 33.8 Å². The minimum Gasteiger partial charge on any atom is -0.456 e. The van der Waals surface area contributed by atoms with Gasteiger partial charge in [-0.2, -0.15) is 0 Å². The van der Waals surface area contributed by atoms with Gasteiger partial charge >= 0.3 is 5.97 Å². The molecule has 0 unspecified atom stereocenters. The van der Waals surface area contributed by atoms with Gasteiger partial charge in [0.15, 0.2) is 16.4 Å². The van der Waals surface area contributed by atoms with Crippen molar-refractivity contribution in [3.63, 3.8) is 0 Å². The van der Waals surface area contributed by atoms with Crippen molar-refractivity contribution >= 4 is 44.9 Å². The van der Waals surface area contributed by atoms with Gasteiger partial charge in [-0.15, -0.1) is 0 Å². The Morgan fingerprint density at radius 3 is 2.68 bits per heavy atom. The van der Waals surface area contributed by atoms with E-state index in [9.17, 15) is 18.0 Å². The van der Waals surface area contributed by atoms with Gasteiger partial charge in [0.05, 0.1) is 17.5 Å². The summed E-state index contributed by atoms with van der Waals surface area (Å²) < 4.78 is 27.6. The molecule has 2 atom stereocenters. The Labute approximate surface area is 156 Å². The van der Waals surface area contributed by atoms with E-state index < -0.39 is 28.3 Å². The number of sulfone groups is 1. The zero-order valence-electron chi connectivity index (χ0n) is 13.6. The number of benzene rings is 1. The van der Waals surface area contributed by atoms with Crippen molar-refractivity contribution < 1.29 is 22.7 Å². The van der Waals surface area contributed by atoms with Crippen LogP contribution in [0, 0.1) is 5.92 Å². The molecule has 0 aromatic heterocycles. The van der Waals surface area contributed by atoms with Crippen LogP contribution < -0.4 is 5.32 Å². The highest BCUT2D eigenvalue weighted by atomic mass is 35.5. The highest BCUT2D eigenvalue weighted by Crippen LogP contribution is 2.26. The lowest BCUT2D eigenvalue weighted by atomic mass is 10.1. The molecule has 138 valence electrons. The summed E-state index contributed by atoms with van der Waals surface area (Å²) in [6.07, 6.45) is 0.459. The van der Waals surface area contributed by atoms with Crippen LogP contribution in [0.5, 0.6) is 0 Å². The number of carbonyl (C=O) groups excluding carboxylic acids is 2. The van der Waals surface area contributed by atoms with Crippen molar-refractivity contribution in [1.82, 2.24) is 5.32 Å². The fourth-order valence-corrected chi connectivity index (χ4v) is 5.12. The molecule has 6 nitrogen and oxygen atoms in total. The summed E-state index contributed by atoms with van der Waals surface area (Å²) >= 11 is 11.9. The first-order valence-electron chi connectivity index (χ1n) is 7.76. The number of hydrogen-bond acceptors (Lipinski definition) is 5. The molecule has 9 heteroatoms. The molecule has 0 bridgehead atoms. The first kappa shape index (κ1) is 20.0. The van der Waals surface area contributed by atoms with Gasteiger partial charge < -0.3 is 10.1 Å². The van der Waals surface area contributed by atoms with Gasteiger partial charge in [-0.1, -0.05) is 29.3 Å². The van der Waals surface area contributed by atoms with Crippen molar-refractivity contribution in [3.8, 4) is 0 Å². The fraction of sp³-hybridized carbons (Fsp3) is 0.500. The third-order valence-electron chi connectivity index (χ3n) is 3.95. The second-order valence-electron chi connectivity index (χ2n) is 6.09. The van der Waals surface area contributed by atoms with E-state index in [0.29, 0.717) is 22.0 Å². The zero-order valence-corrected chi connectivity index (χ0v) is 16.0. The van der Waals surface area contributed by atoms with Gasteiger partial charge in [-0.3, -0.25) is 9.59 Å². The van der Waals surface area contributed by atoms with Crippen LogP contribution in [0.15, 0.2) is 18.2 Å². The Balaban J connectivity index is 1.77. The maximum Gasteiger partial charge on any atom is 0.306 e. The number of ether oxygens (including phenoxy) is 1. The standard InChI is InChI=1S/C16H19Cl2NO5S/c1-10(13-3-2-12(17)7-14(13)18)19-15(20)8-24-16(21)6-11-4-5-25(22,23)9-11/h2-3,7,10-11H,4-6,8-9H2,1H3,(H,19,20)/t10-,11-/m1/s1. The molecular formula is C16H19Cl2NO5S. The lowest BCUT2D eigenvalue weighted by Crippen LogP contribution is -2.31. The van der Waals surface area contributed by atoms with Crippen LogP contribution in [0.3, 0.4) is 0 Å². The van der Waals surface area contributed by atoms with Crippen LogP contribution in [-0.2, 0) is 24.2 Å². The Hall–Kier alpha value is -1.31. The summed E-state index contributed by atoms with van der Waals surface area (Å²) in [5.74, 6) is -1.17. The zero-order chi connectivity index (χ0) is 18.6. The molecule has 1 fully saturated rings. The number of halogens is 2. The Morgan fingerprint density at radius 1 is 1.36 bits per heavy atom. The van der Waals surface area contributed by atoms with Gasteiger partial charge in [0.25, 0.3) is 5.91 Å². The average molecular weight is 408 g/mol. The summed E-state index contributed by atoms with van der Waals surface area (Å²) in [5.41, 5.74) is 0.696. The molecule has 2 rings (SSSR count). The second kappa shape index (κ2) is 8.38. The van der Waals surface area contributed by atoms with E-state index in [1.165, 1.54) is 0 Å². The first-order chi connectivity index (χ1) is 11.7. The predicted molar refractivity (Wildman–Crippen MR) is 95.4 cm³/mol. The molecule has 1 aliphatic heterocycles. The van der Waals surface area contributed by atoms with E-state index in [2.05, 4.69) is 5.32 Å². The predicted octanol–water partition coefficient (Wildman–Crippen LogP) is 2.54. The summed E-state index contributed by atoms with van der Waals surface area (Å²) in [4.78, 5) is 23.6. The van der Waals surface area contributed by atoms with Gasteiger partial charge in [-0.05, 0) is 37.0 Å². The van der Waals surface area contributed by atoms with Crippen LogP contribution in [0.2, 0.25) is 10.0 Å². The van der Waals surface area contributed by atoms with E-state index in [-0.39, 0.29) is 29.9 Å². The van der Waals surface area contributed by atoms with E-state index in [1.54, 1.807) is 25.1 Å². The van der Waals surface area contributed by atoms with Crippen molar-refractivity contribution in [2.45, 2.75) is 25.8 Å². The van der Waals surface area contributed by atoms with Gasteiger partial charge in [0.2, 0.25) is 0 Å². The fourth-order valence-electron chi connectivity index (χ4n) is 2.69. The molecular weight excluding hydrogens is 389 g/mol. The SMILES string of the molecule is C[C@@H](NC(=O)COC(=O)C[C@H]1CCS(=O)(=O)C1)c1ccc(Cl)cc1Cl. The summed E-state index contributed by atoms with van der Waals surface area (Å²) in [6, 6.07) is 4.58. The first-order valence-corrected chi connectivity index (χ1v) is 10.3. The number of carbonyl (C=O) groups is 2. The third-order valence-corrected chi connectivity index (χ3v) is 6.35. The molecule has 0 spiro atoms. The molecule has 1 amide bonds. The van der Waals surface area contributed by atoms with Crippen molar-refractivity contribution in [1.29, 1.82) is 0 Å². The molecule has 1 aromatic rings. The molecule has 1 aliphatic rings. The molecule has 0 aliphatic carbocycles. The van der Waals surface area contributed by atoms with Crippen LogP contribution in [-0.4, -0.2) is 38.4 Å². The number of esters is 1. The van der Waals surface area contributed by atoms with E-state index in [4.69, 9.17) is 27.9 Å². The molecule has 1 aromatic carbocycles. The van der Waals surface area contributed by atoms with Crippen LogP contribution >= 0.6 is 23.2 Å². The Kier molecular flexibility index (Phi) is 6.71. The maximum absolute atomic E-state index is 11.9. The van der Waals surface area contributed by atoms with Crippen LogP contribution in [0.25, 0.3) is 0 Å². The van der Waals surface area contributed by atoms with E-state index in [1.807, 2.05) is 0 Å². The maximum atomic E-state index is 11.9. The van der Waals surface area contributed by atoms with Crippen molar-refractivity contribution in [2.24, 2.45) is 5.92 Å². The number of nitrogens with one attached hydrogen (secondary N) is 1. The molecule has 0 saturated carbocycles. The number of rotatable bonds is 6. The summed E-state index contributed by atoms with van der Waals surface area (Å²) in [5, 5.41) is 3.60. The van der Waals surface area contributed by atoms with Crippen molar-refractivity contribution in [2.75, 3.05) is 18.1 Å². The highest BCUT2D eigenvalue weighted by molar-refractivity contribution is 7.91. The Morgan fingerprint density at radius 2 is 2.08 bits per heavy atom. The van der Waals surface area contributed by atoms with E-state index >= 15 is 0 Å². The lowest BCUT2D eigenvalue weighted by Gasteiger charge is -2.16.